The second kappa shape index (κ2) is 6.68. The Hall–Kier alpha value is -1.47. The van der Waals surface area contributed by atoms with Crippen LogP contribution in [0.5, 0.6) is 0 Å². The lowest BCUT2D eigenvalue weighted by molar-refractivity contribution is -0.134. The lowest BCUT2D eigenvalue weighted by Gasteiger charge is -2.33. The fourth-order valence-corrected chi connectivity index (χ4v) is 4.19. The normalized spacial score (nSPS) is 24.5. The second-order valence-electron chi connectivity index (χ2n) is 8.09. The minimum absolute atomic E-state index is 0.148. The molecule has 0 bridgehead atoms. The summed E-state index contributed by atoms with van der Waals surface area (Å²) < 4.78 is 2.18. The summed E-state index contributed by atoms with van der Waals surface area (Å²) in [5.74, 6) is 2.68. The first-order valence-corrected chi connectivity index (χ1v) is 9.76. The van der Waals surface area contributed by atoms with E-state index < -0.39 is 5.54 Å². The number of aromatic nitrogens is 3. The molecule has 138 valence electrons. The Kier molecular flexibility index (Phi) is 4.54. The Balaban J connectivity index is 1.36. The van der Waals surface area contributed by atoms with E-state index in [1.807, 2.05) is 4.90 Å². The minimum atomic E-state index is -0.542. The van der Waals surface area contributed by atoms with E-state index >= 15 is 0 Å². The smallest absolute Gasteiger partial charge is 0.242 e. The Morgan fingerprint density at radius 1 is 1.12 bits per heavy atom. The van der Waals surface area contributed by atoms with Gasteiger partial charge in [-0.15, -0.1) is 10.2 Å². The third-order valence-corrected chi connectivity index (χ3v) is 6.17. The summed E-state index contributed by atoms with van der Waals surface area (Å²) in [6.07, 6.45) is 7.53. The van der Waals surface area contributed by atoms with Gasteiger partial charge in [0.05, 0.1) is 12.1 Å². The number of nitrogens with zero attached hydrogens (tertiary/aromatic N) is 5. The fourth-order valence-electron chi connectivity index (χ4n) is 4.19. The molecule has 1 saturated carbocycles. The molecule has 7 nitrogen and oxygen atoms in total. The highest BCUT2D eigenvalue weighted by molar-refractivity contribution is 5.89. The molecule has 25 heavy (non-hydrogen) atoms. The molecule has 0 atom stereocenters. The van der Waals surface area contributed by atoms with Crippen molar-refractivity contribution in [2.75, 3.05) is 26.2 Å². The molecule has 7 heteroatoms. The Labute approximate surface area is 149 Å². The molecule has 1 amide bonds. The molecule has 0 unspecified atom stereocenters. The predicted octanol–water partition coefficient (Wildman–Crippen LogP) is 0.998. The van der Waals surface area contributed by atoms with Crippen LogP contribution >= 0.6 is 0 Å². The molecule has 4 rings (SSSR count). The van der Waals surface area contributed by atoms with Gasteiger partial charge in [0.15, 0.2) is 0 Å². The van der Waals surface area contributed by atoms with Gasteiger partial charge in [0.2, 0.25) is 5.91 Å². The first-order chi connectivity index (χ1) is 12.1. The van der Waals surface area contributed by atoms with Crippen LogP contribution in [0.4, 0.5) is 0 Å². The molecule has 1 aliphatic carbocycles. The molecule has 0 spiro atoms. The van der Waals surface area contributed by atoms with Gasteiger partial charge in [-0.25, -0.2) is 0 Å². The molecule has 3 fully saturated rings. The highest BCUT2D eigenvalue weighted by Crippen LogP contribution is 2.36. The summed E-state index contributed by atoms with van der Waals surface area (Å²) in [5.41, 5.74) is 5.52. The maximum absolute atomic E-state index is 12.4. The molecule has 2 saturated heterocycles. The Morgan fingerprint density at radius 2 is 1.80 bits per heavy atom. The van der Waals surface area contributed by atoms with Gasteiger partial charge < -0.3 is 15.2 Å². The van der Waals surface area contributed by atoms with Crippen molar-refractivity contribution in [2.24, 2.45) is 12.8 Å². The molecule has 2 aliphatic heterocycles. The van der Waals surface area contributed by atoms with Crippen LogP contribution in [0.3, 0.4) is 0 Å². The monoisotopic (exact) mass is 346 g/mol. The number of hydrogen-bond donors (Lipinski definition) is 1. The third-order valence-electron chi connectivity index (χ3n) is 6.17. The molecule has 0 radical (unpaired) electrons. The standard InChI is InChI=1S/C18H30N6O/c1-22-15(13-23-9-3-2-4-10-23)20-21-16(22)14-5-11-24(12-6-14)17(25)18(19)7-8-18/h14H,2-13,19H2,1H3. The van der Waals surface area contributed by atoms with Gasteiger partial charge in [0, 0.05) is 26.1 Å². The molecule has 1 aromatic heterocycles. The van der Waals surface area contributed by atoms with Crippen molar-refractivity contribution in [3.8, 4) is 0 Å². The van der Waals surface area contributed by atoms with Crippen LogP contribution in [0.1, 0.15) is 62.5 Å². The zero-order valence-electron chi connectivity index (χ0n) is 15.3. The highest BCUT2D eigenvalue weighted by atomic mass is 16.2. The number of carbonyl (C=O) groups is 1. The number of nitrogens with two attached hydrogens (primary N) is 1. The molecule has 3 heterocycles. The van der Waals surface area contributed by atoms with E-state index in [4.69, 9.17) is 5.73 Å². The van der Waals surface area contributed by atoms with Crippen LogP contribution in [-0.4, -0.2) is 62.2 Å². The molecule has 2 N–H and O–H groups in total. The van der Waals surface area contributed by atoms with Crippen LogP contribution in [0.25, 0.3) is 0 Å². The largest absolute Gasteiger partial charge is 0.341 e. The minimum Gasteiger partial charge on any atom is -0.341 e. The first kappa shape index (κ1) is 17.0. The SMILES string of the molecule is Cn1c(CN2CCCCC2)nnc1C1CCN(C(=O)C2(N)CC2)CC1. The lowest BCUT2D eigenvalue weighted by Crippen LogP contribution is -2.48. The average molecular weight is 346 g/mol. The number of piperidine rings is 2. The van der Waals surface area contributed by atoms with Gasteiger partial charge >= 0.3 is 0 Å². The maximum Gasteiger partial charge on any atom is 0.242 e. The summed E-state index contributed by atoms with van der Waals surface area (Å²) in [4.78, 5) is 16.8. The summed E-state index contributed by atoms with van der Waals surface area (Å²) >= 11 is 0. The van der Waals surface area contributed by atoms with Gasteiger partial charge in [-0.1, -0.05) is 6.42 Å². The third kappa shape index (κ3) is 3.44. The number of amides is 1. The Bertz CT molecular complexity index is 624. The summed E-state index contributed by atoms with van der Waals surface area (Å²) in [6.45, 7) is 4.82. The topological polar surface area (TPSA) is 80.3 Å². The van der Waals surface area contributed by atoms with Gasteiger partial charge in [-0.2, -0.15) is 0 Å². The van der Waals surface area contributed by atoms with E-state index in [0.717, 1.165) is 57.0 Å². The number of carbonyl (C=O) groups excluding carboxylic acids is 1. The molecular formula is C18H30N6O. The van der Waals surface area contributed by atoms with Crippen LogP contribution < -0.4 is 5.73 Å². The number of hydrogen-bond acceptors (Lipinski definition) is 5. The predicted molar refractivity (Wildman–Crippen MR) is 94.8 cm³/mol. The van der Waals surface area contributed by atoms with E-state index in [1.54, 1.807) is 0 Å². The van der Waals surface area contributed by atoms with Crippen molar-refractivity contribution in [2.45, 2.75) is 62.9 Å². The lowest BCUT2D eigenvalue weighted by atomic mass is 9.95. The molecular weight excluding hydrogens is 316 g/mol. The van der Waals surface area contributed by atoms with Crippen molar-refractivity contribution < 1.29 is 4.79 Å². The van der Waals surface area contributed by atoms with Crippen molar-refractivity contribution >= 4 is 5.91 Å². The van der Waals surface area contributed by atoms with Gasteiger partial charge in [-0.05, 0) is 51.6 Å². The zero-order valence-corrected chi connectivity index (χ0v) is 15.3. The van der Waals surface area contributed by atoms with E-state index in [9.17, 15) is 4.79 Å². The van der Waals surface area contributed by atoms with Crippen molar-refractivity contribution in [3.63, 3.8) is 0 Å². The van der Waals surface area contributed by atoms with E-state index in [1.165, 1.54) is 32.4 Å². The Morgan fingerprint density at radius 3 is 2.44 bits per heavy atom. The summed E-state index contributed by atoms with van der Waals surface area (Å²) in [5, 5.41) is 8.95. The van der Waals surface area contributed by atoms with Crippen LogP contribution in [0, 0.1) is 0 Å². The fraction of sp³-hybridized carbons (Fsp3) is 0.833. The molecule has 0 aromatic carbocycles. The van der Waals surface area contributed by atoms with E-state index in [-0.39, 0.29) is 5.91 Å². The van der Waals surface area contributed by atoms with Gasteiger partial charge in [0.1, 0.15) is 11.6 Å². The van der Waals surface area contributed by atoms with Gasteiger partial charge in [-0.3, -0.25) is 9.69 Å². The van der Waals surface area contributed by atoms with Crippen LogP contribution in [0.2, 0.25) is 0 Å². The molecule has 1 aromatic rings. The van der Waals surface area contributed by atoms with Crippen LogP contribution in [-0.2, 0) is 18.4 Å². The summed E-state index contributed by atoms with van der Waals surface area (Å²) in [7, 11) is 2.09. The van der Waals surface area contributed by atoms with Crippen molar-refractivity contribution in [3.05, 3.63) is 11.6 Å². The highest BCUT2D eigenvalue weighted by Gasteiger charge is 2.48. The first-order valence-electron chi connectivity index (χ1n) is 9.76. The van der Waals surface area contributed by atoms with Crippen molar-refractivity contribution in [1.29, 1.82) is 0 Å². The quantitative estimate of drug-likeness (QED) is 0.880. The summed E-state index contributed by atoms with van der Waals surface area (Å²) in [6, 6.07) is 0. The molecule has 3 aliphatic rings. The zero-order chi connectivity index (χ0) is 17.4. The van der Waals surface area contributed by atoms with E-state index in [2.05, 4.69) is 26.7 Å². The van der Waals surface area contributed by atoms with Gasteiger partial charge in [0.25, 0.3) is 0 Å². The van der Waals surface area contributed by atoms with Crippen LogP contribution in [0.15, 0.2) is 0 Å². The number of likely N-dealkylation sites (tertiary alicyclic amines) is 2. The maximum atomic E-state index is 12.4. The van der Waals surface area contributed by atoms with Crippen molar-refractivity contribution in [1.82, 2.24) is 24.6 Å². The second-order valence-corrected chi connectivity index (χ2v) is 8.09. The number of rotatable bonds is 4. The van der Waals surface area contributed by atoms with E-state index in [0.29, 0.717) is 5.92 Å². The average Bonchev–Trinajstić information content (AvgIpc) is 3.30.